The molecule has 1 aliphatic heterocycles. The van der Waals surface area contributed by atoms with Crippen molar-refractivity contribution in [1.29, 1.82) is 0 Å². The second kappa shape index (κ2) is 8.74. The van der Waals surface area contributed by atoms with Crippen molar-refractivity contribution in [2.24, 2.45) is 0 Å². The Bertz CT molecular complexity index is 1000. The summed E-state index contributed by atoms with van der Waals surface area (Å²) >= 11 is 5.94. The minimum absolute atomic E-state index is 0.0238. The number of alkyl halides is 1. The Hall–Kier alpha value is -2.08. The molecule has 148 valence electrons. The quantitative estimate of drug-likeness (QED) is 0.232. The van der Waals surface area contributed by atoms with Gasteiger partial charge in [-0.2, -0.15) is 0 Å². The molecule has 1 saturated heterocycles. The fraction of sp³-hybridized carbons (Fsp3) is 0.231. The number of hydrogen-bond donors (Lipinski definition) is 0. The van der Waals surface area contributed by atoms with E-state index in [0.717, 1.165) is 24.6 Å². The molecule has 0 spiro atoms. The molecule has 0 aromatic heterocycles. The average molecular weight is 421 g/mol. The van der Waals surface area contributed by atoms with Crippen molar-refractivity contribution in [3.05, 3.63) is 114 Å². The monoisotopic (exact) mass is 420 g/mol. The van der Waals surface area contributed by atoms with E-state index >= 15 is 4.57 Å². The summed E-state index contributed by atoms with van der Waals surface area (Å²) < 4.78 is 15.3. The van der Waals surface area contributed by atoms with E-state index < -0.39 is 12.3 Å². The van der Waals surface area contributed by atoms with Crippen molar-refractivity contribution in [2.75, 3.05) is 5.88 Å². The first-order valence-electron chi connectivity index (χ1n) is 10.2. The third kappa shape index (κ3) is 3.52. The van der Waals surface area contributed by atoms with E-state index in [1.54, 1.807) is 0 Å². The van der Waals surface area contributed by atoms with Crippen molar-refractivity contribution >= 4 is 24.0 Å². The number of allylic oxidation sites excluding steroid dienone is 2. The van der Waals surface area contributed by atoms with E-state index in [0.29, 0.717) is 5.88 Å². The predicted molar refractivity (Wildman–Crippen MR) is 125 cm³/mol. The Morgan fingerprint density at radius 3 is 2.07 bits per heavy atom. The fourth-order valence-corrected chi connectivity index (χ4v) is 9.58. The van der Waals surface area contributed by atoms with Crippen LogP contribution in [0, 0.1) is 0 Å². The van der Waals surface area contributed by atoms with Gasteiger partial charge in [-0.15, -0.1) is 11.6 Å². The number of hydrogen-bond acceptors (Lipinski definition) is 1. The van der Waals surface area contributed by atoms with E-state index in [9.17, 15) is 0 Å². The number of rotatable bonds is 6. The lowest BCUT2D eigenvalue weighted by molar-refractivity contribution is 0.528. The number of benzene rings is 3. The smallest absolute Gasteiger partial charge is 0.133 e. The fourth-order valence-electron chi connectivity index (χ4n) is 4.93. The Balaban J connectivity index is 1.96. The van der Waals surface area contributed by atoms with Gasteiger partial charge >= 0.3 is 0 Å². The van der Waals surface area contributed by atoms with Crippen molar-refractivity contribution in [2.45, 2.75) is 30.1 Å². The van der Waals surface area contributed by atoms with Crippen LogP contribution >= 0.6 is 18.7 Å². The summed E-state index contributed by atoms with van der Waals surface area (Å²) in [6.07, 6.45) is 6.66. The summed E-state index contributed by atoms with van der Waals surface area (Å²) in [4.78, 5) is 0. The third-order valence-corrected chi connectivity index (χ3v) is 10.9. The van der Waals surface area contributed by atoms with Gasteiger partial charge < -0.3 is 4.57 Å². The molecule has 0 amide bonds. The molecule has 1 nitrogen and oxygen atoms in total. The lowest BCUT2D eigenvalue weighted by atomic mass is 9.89. The van der Waals surface area contributed by atoms with Crippen molar-refractivity contribution < 1.29 is 4.57 Å². The van der Waals surface area contributed by atoms with Gasteiger partial charge in [0.05, 0.1) is 5.16 Å². The van der Waals surface area contributed by atoms with Crippen LogP contribution in [-0.4, -0.2) is 5.88 Å². The highest BCUT2D eigenvalue weighted by molar-refractivity contribution is 7.73. The largest absolute Gasteiger partial charge is 0.317 e. The van der Waals surface area contributed by atoms with Gasteiger partial charge in [0, 0.05) is 16.8 Å². The van der Waals surface area contributed by atoms with E-state index in [2.05, 4.69) is 66.7 Å². The van der Waals surface area contributed by atoms with Gasteiger partial charge in [0.25, 0.3) is 0 Å². The van der Waals surface area contributed by atoms with Crippen LogP contribution in [-0.2, 0) is 9.72 Å². The summed E-state index contributed by atoms with van der Waals surface area (Å²) in [7, 11) is -2.85. The van der Waals surface area contributed by atoms with Crippen molar-refractivity contribution in [3.63, 3.8) is 0 Å². The summed E-state index contributed by atoms with van der Waals surface area (Å²) in [5.74, 6) is 0.475. The maximum absolute atomic E-state index is 15.3. The first-order chi connectivity index (χ1) is 14.2. The minimum atomic E-state index is -2.85. The molecule has 3 atom stereocenters. The Labute approximate surface area is 178 Å². The zero-order chi connectivity index (χ0) is 20.2. The van der Waals surface area contributed by atoms with Gasteiger partial charge in [0.2, 0.25) is 0 Å². The Morgan fingerprint density at radius 2 is 1.45 bits per heavy atom. The molecule has 3 heteroatoms. The predicted octanol–water partition coefficient (Wildman–Crippen LogP) is 7.29. The van der Waals surface area contributed by atoms with Crippen LogP contribution in [0.2, 0.25) is 0 Å². The van der Waals surface area contributed by atoms with Gasteiger partial charge in [-0.1, -0.05) is 103 Å². The summed E-state index contributed by atoms with van der Waals surface area (Å²) in [5.41, 5.74) is 2.37. The normalized spacial score (nSPS) is 26.7. The molecule has 0 radical (unpaired) electrons. The standard InChI is InChI=1S/C26H26ClOP/c27-21-11-10-19-26(23-14-6-2-7-15-23)20-18-25(22-12-4-1-5-13-22)29(26,28)24-16-8-3-9-17-24/h1-17,25H,18-21H2/b11-10-/t25-,26+,29-/m0/s1. The van der Waals surface area contributed by atoms with Crippen LogP contribution in [0.15, 0.2) is 103 Å². The molecule has 29 heavy (non-hydrogen) atoms. The van der Waals surface area contributed by atoms with Crippen molar-refractivity contribution in [1.82, 2.24) is 0 Å². The van der Waals surface area contributed by atoms with Gasteiger partial charge in [0.15, 0.2) is 0 Å². The molecule has 0 N–H and O–H groups in total. The molecule has 3 aromatic rings. The molecule has 0 unspecified atom stereocenters. The molecule has 0 saturated carbocycles. The molecule has 0 aliphatic carbocycles. The van der Waals surface area contributed by atoms with Crippen LogP contribution in [0.5, 0.6) is 0 Å². The Morgan fingerprint density at radius 1 is 0.862 bits per heavy atom. The zero-order valence-corrected chi connectivity index (χ0v) is 18.1. The first-order valence-corrected chi connectivity index (χ1v) is 12.5. The van der Waals surface area contributed by atoms with E-state index in [4.69, 9.17) is 11.6 Å². The molecular weight excluding hydrogens is 395 g/mol. The van der Waals surface area contributed by atoms with Crippen LogP contribution in [0.3, 0.4) is 0 Å². The molecule has 1 fully saturated rings. The van der Waals surface area contributed by atoms with Crippen LogP contribution < -0.4 is 5.30 Å². The van der Waals surface area contributed by atoms with E-state index in [1.165, 1.54) is 11.1 Å². The second-order valence-electron chi connectivity index (χ2n) is 7.69. The third-order valence-electron chi connectivity index (χ3n) is 6.25. The summed E-state index contributed by atoms with van der Waals surface area (Å²) in [6, 6.07) is 31.0. The van der Waals surface area contributed by atoms with Crippen LogP contribution in [0.4, 0.5) is 0 Å². The van der Waals surface area contributed by atoms with E-state index in [-0.39, 0.29) is 5.66 Å². The van der Waals surface area contributed by atoms with Gasteiger partial charge in [-0.25, -0.2) is 0 Å². The number of halogens is 1. The maximum atomic E-state index is 15.3. The second-order valence-corrected chi connectivity index (χ2v) is 11.3. The van der Waals surface area contributed by atoms with E-state index in [1.807, 2.05) is 36.4 Å². The highest BCUT2D eigenvalue weighted by Crippen LogP contribution is 2.79. The highest BCUT2D eigenvalue weighted by atomic mass is 35.5. The molecular formula is C26H26ClOP. The summed E-state index contributed by atoms with van der Waals surface area (Å²) in [6.45, 7) is 0. The lowest BCUT2D eigenvalue weighted by Crippen LogP contribution is -2.28. The topological polar surface area (TPSA) is 17.1 Å². The zero-order valence-electron chi connectivity index (χ0n) is 16.5. The van der Waals surface area contributed by atoms with Gasteiger partial charge in [-0.05, 0) is 30.4 Å². The van der Waals surface area contributed by atoms with Crippen LogP contribution in [0.1, 0.15) is 36.0 Å². The van der Waals surface area contributed by atoms with Gasteiger partial charge in [0.1, 0.15) is 7.14 Å². The summed E-state index contributed by atoms with van der Waals surface area (Å²) in [5, 5.41) is 0.563. The Kier molecular flexibility index (Phi) is 6.09. The maximum Gasteiger partial charge on any atom is 0.133 e. The average Bonchev–Trinajstić information content (AvgIpc) is 3.10. The van der Waals surface area contributed by atoms with Crippen LogP contribution in [0.25, 0.3) is 0 Å². The SMILES string of the molecule is O=[P@@]1(c2ccccc2)[C@H](c2ccccc2)CC[C@]1(C/C=C\CCl)c1ccccc1. The lowest BCUT2D eigenvalue weighted by Gasteiger charge is -2.38. The molecule has 1 aliphatic rings. The molecule has 4 rings (SSSR count). The highest BCUT2D eigenvalue weighted by Gasteiger charge is 2.58. The van der Waals surface area contributed by atoms with Gasteiger partial charge in [-0.3, -0.25) is 0 Å². The minimum Gasteiger partial charge on any atom is -0.317 e. The molecule has 0 bridgehead atoms. The van der Waals surface area contributed by atoms with Crippen molar-refractivity contribution in [3.8, 4) is 0 Å². The molecule has 3 aromatic carbocycles. The molecule has 1 heterocycles. The first kappa shape index (κ1) is 20.2.